The molecule has 3 rings (SSSR count). The first kappa shape index (κ1) is 20.5. The molecule has 2 saturated heterocycles. The van der Waals surface area contributed by atoms with Gasteiger partial charge in [0.15, 0.2) is 0 Å². The van der Waals surface area contributed by atoms with Gasteiger partial charge in [-0.3, -0.25) is 4.79 Å². The number of hydrogen-bond donors (Lipinski definition) is 1. The summed E-state index contributed by atoms with van der Waals surface area (Å²) in [5.41, 5.74) is -0.366. The van der Waals surface area contributed by atoms with Gasteiger partial charge in [0.1, 0.15) is 0 Å². The minimum Gasteiger partial charge on any atom is -0.342 e. The summed E-state index contributed by atoms with van der Waals surface area (Å²) >= 11 is 0. The molecular formula is C20H26F3N3O2. The summed E-state index contributed by atoms with van der Waals surface area (Å²) in [5, 5.41) is 2.68. The van der Waals surface area contributed by atoms with Crippen molar-refractivity contribution in [2.45, 2.75) is 39.3 Å². The minimum atomic E-state index is -4.39. The number of piperidine rings is 1. The lowest BCUT2D eigenvalue weighted by Gasteiger charge is -2.39. The predicted octanol–water partition coefficient (Wildman–Crippen LogP) is 4.21. The molecule has 1 spiro atoms. The molecule has 1 aromatic carbocycles. The summed E-state index contributed by atoms with van der Waals surface area (Å²) < 4.78 is 37.9. The van der Waals surface area contributed by atoms with Gasteiger partial charge in [0, 0.05) is 37.8 Å². The van der Waals surface area contributed by atoms with Crippen molar-refractivity contribution in [3.05, 3.63) is 29.8 Å². The second-order valence-corrected chi connectivity index (χ2v) is 8.16. The molecule has 2 aliphatic heterocycles. The number of urea groups is 1. The molecule has 8 heteroatoms. The maximum absolute atomic E-state index is 12.6. The Bertz CT molecular complexity index is 723. The Balaban J connectivity index is 1.54. The Labute approximate surface area is 162 Å². The molecule has 0 unspecified atom stereocenters. The Hall–Kier alpha value is -2.25. The van der Waals surface area contributed by atoms with Crippen molar-refractivity contribution in [2.24, 2.45) is 11.3 Å². The van der Waals surface area contributed by atoms with Gasteiger partial charge in [-0.05, 0) is 48.9 Å². The van der Waals surface area contributed by atoms with E-state index in [0.29, 0.717) is 31.9 Å². The molecule has 5 nitrogen and oxygen atoms in total. The molecule has 0 radical (unpaired) electrons. The number of carbonyl (C=O) groups excluding carboxylic acids is 2. The quantitative estimate of drug-likeness (QED) is 0.813. The van der Waals surface area contributed by atoms with E-state index >= 15 is 0 Å². The molecule has 2 heterocycles. The summed E-state index contributed by atoms with van der Waals surface area (Å²) in [7, 11) is 0. The van der Waals surface area contributed by atoms with E-state index in [2.05, 4.69) is 5.32 Å². The SMILES string of the molecule is CC(C)C(=O)N1CCC2(CCN(C(=O)Nc3ccc(C(F)(F)F)cc3)C2)CC1. The number of nitrogens with zero attached hydrogens (tertiary/aromatic N) is 2. The number of alkyl halides is 3. The molecule has 154 valence electrons. The largest absolute Gasteiger partial charge is 0.416 e. The van der Waals surface area contributed by atoms with Crippen molar-refractivity contribution in [1.82, 2.24) is 9.80 Å². The molecule has 0 bridgehead atoms. The summed E-state index contributed by atoms with van der Waals surface area (Å²) in [4.78, 5) is 28.3. The molecule has 0 aliphatic carbocycles. The number of nitrogens with one attached hydrogen (secondary N) is 1. The van der Waals surface area contributed by atoms with Crippen molar-refractivity contribution in [3.8, 4) is 0 Å². The molecule has 0 atom stereocenters. The fourth-order valence-corrected chi connectivity index (χ4v) is 4.03. The van der Waals surface area contributed by atoms with Gasteiger partial charge in [0.05, 0.1) is 5.56 Å². The maximum Gasteiger partial charge on any atom is 0.416 e. The predicted molar refractivity (Wildman–Crippen MR) is 99.7 cm³/mol. The number of likely N-dealkylation sites (tertiary alicyclic amines) is 2. The highest BCUT2D eigenvalue weighted by atomic mass is 19.4. The number of benzene rings is 1. The molecule has 2 fully saturated rings. The van der Waals surface area contributed by atoms with Crippen LogP contribution in [0.2, 0.25) is 0 Å². The van der Waals surface area contributed by atoms with E-state index in [-0.39, 0.29) is 23.3 Å². The van der Waals surface area contributed by atoms with E-state index in [4.69, 9.17) is 0 Å². The average Bonchev–Trinajstić information content (AvgIpc) is 3.05. The third-order valence-corrected chi connectivity index (χ3v) is 5.82. The van der Waals surface area contributed by atoms with Gasteiger partial charge in [-0.25, -0.2) is 4.79 Å². The molecule has 2 aliphatic rings. The molecule has 28 heavy (non-hydrogen) atoms. The normalized spacial score (nSPS) is 19.4. The Morgan fingerprint density at radius 3 is 2.04 bits per heavy atom. The fourth-order valence-electron chi connectivity index (χ4n) is 4.03. The van der Waals surface area contributed by atoms with Gasteiger partial charge < -0.3 is 15.1 Å². The minimum absolute atomic E-state index is 0.0105. The maximum atomic E-state index is 12.6. The molecule has 1 N–H and O–H groups in total. The summed E-state index contributed by atoms with van der Waals surface area (Å²) in [6, 6.07) is 4.16. The van der Waals surface area contributed by atoms with Gasteiger partial charge in [0.25, 0.3) is 0 Å². The summed E-state index contributed by atoms with van der Waals surface area (Å²) in [6.45, 7) is 6.45. The standard InChI is InChI=1S/C20H26F3N3O2/c1-14(2)17(27)25-10-7-19(8-11-25)9-12-26(13-19)18(28)24-16-5-3-15(4-6-16)20(21,22)23/h3-6,14H,7-13H2,1-2H3,(H,24,28). The van der Waals surface area contributed by atoms with Crippen LogP contribution in [0.3, 0.4) is 0 Å². The van der Waals surface area contributed by atoms with Gasteiger partial charge in [-0.2, -0.15) is 13.2 Å². The van der Waals surface area contributed by atoms with E-state index in [1.54, 1.807) is 4.90 Å². The smallest absolute Gasteiger partial charge is 0.342 e. The lowest BCUT2D eigenvalue weighted by molar-refractivity contribution is -0.138. The number of anilines is 1. The van der Waals surface area contributed by atoms with Gasteiger partial charge >= 0.3 is 12.2 Å². The zero-order valence-corrected chi connectivity index (χ0v) is 16.2. The Morgan fingerprint density at radius 1 is 1.00 bits per heavy atom. The lowest BCUT2D eigenvalue weighted by atomic mass is 9.77. The van der Waals surface area contributed by atoms with E-state index < -0.39 is 11.7 Å². The lowest BCUT2D eigenvalue weighted by Crippen LogP contribution is -2.46. The molecule has 0 saturated carbocycles. The van der Waals surface area contributed by atoms with E-state index in [1.165, 1.54) is 12.1 Å². The molecule has 1 aromatic rings. The van der Waals surface area contributed by atoms with Crippen molar-refractivity contribution in [3.63, 3.8) is 0 Å². The second-order valence-electron chi connectivity index (χ2n) is 8.16. The van der Waals surface area contributed by atoms with Crippen LogP contribution in [0.25, 0.3) is 0 Å². The number of amides is 3. The van der Waals surface area contributed by atoms with E-state index in [9.17, 15) is 22.8 Å². The van der Waals surface area contributed by atoms with Crippen molar-refractivity contribution < 1.29 is 22.8 Å². The highest BCUT2D eigenvalue weighted by Crippen LogP contribution is 2.40. The number of rotatable bonds is 2. The van der Waals surface area contributed by atoms with Crippen molar-refractivity contribution >= 4 is 17.6 Å². The first-order valence-corrected chi connectivity index (χ1v) is 9.62. The van der Waals surface area contributed by atoms with E-state index in [0.717, 1.165) is 31.4 Å². The van der Waals surface area contributed by atoms with Crippen LogP contribution in [0.15, 0.2) is 24.3 Å². The Kier molecular flexibility index (Phi) is 5.59. The average molecular weight is 397 g/mol. The van der Waals surface area contributed by atoms with Crippen LogP contribution in [0, 0.1) is 11.3 Å². The first-order valence-electron chi connectivity index (χ1n) is 9.62. The zero-order valence-electron chi connectivity index (χ0n) is 16.2. The second kappa shape index (κ2) is 7.64. The van der Waals surface area contributed by atoms with Crippen LogP contribution in [-0.4, -0.2) is 47.9 Å². The van der Waals surface area contributed by atoms with Crippen LogP contribution in [-0.2, 0) is 11.0 Å². The summed E-state index contributed by atoms with van der Waals surface area (Å²) in [5.74, 6) is 0.161. The number of carbonyl (C=O) groups is 2. The van der Waals surface area contributed by atoms with Crippen molar-refractivity contribution in [1.29, 1.82) is 0 Å². The van der Waals surface area contributed by atoms with Gasteiger partial charge in [0.2, 0.25) is 5.91 Å². The van der Waals surface area contributed by atoms with Crippen LogP contribution < -0.4 is 5.32 Å². The topological polar surface area (TPSA) is 52.7 Å². The first-order chi connectivity index (χ1) is 13.1. The third-order valence-electron chi connectivity index (χ3n) is 5.82. The zero-order chi connectivity index (χ0) is 20.5. The van der Waals surface area contributed by atoms with Gasteiger partial charge in [-0.15, -0.1) is 0 Å². The Morgan fingerprint density at radius 2 is 1.54 bits per heavy atom. The molecule has 0 aromatic heterocycles. The number of halogens is 3. The summed E-state index contributed by atoms with van der Waals surface area (Å²) in [6.07, 6.45) is -1.77. The monoisotopic (exact) mass is 397 g/mol. The number of hydrogen-bond acceptors (Lipinski definition) is 2. The van der Waals surface area contributed by atoms with Crippen LogP contribution in [0.1, 0.15) is 38.7 Å². The van der Waals surface area contributed by atoms with Crippen LogP contribution in [0.5, 0.6) is 0 Å². The van der Waals surface area contributed by atoms with Crippen LogP contribution >= 0.6 is 0 Å². The van der Waals surface area contributed by atoms with E-state index in [1.807, 2.05) is 18.7 Å². The van der Waals surface area contributed by atoms with Gasteiger partial charge in [-0.1, -0.05) is 13.8 Å². The fraction of sp³-hybridized carbons (Fsp3) is 0.600. The third kappa shape index (κ3) is 4.42. The highest BCUT2D eigenvalue weighted by molar-refractivity contribution is 5.89. The highest BCUT2D eigenvalue weighted by Gasteiger charge is 2.43. The molecule has 3 amide bonds. The molecular weight excluding hydrogens is 371 g/mol. The van der Waals surface area contributed by atoms with Crippen molar-refractivity contribution in [2.75, 3.05) is 31.5 Å². The van der Waals surface area contributed by atoms with Crippen LogP contribution in [0.4, 0.5) is 23.7 Å².